The molecule has 0 fully saturated rings. The van der Waals surface area contributed by atoms with Crippen molar-refractivity contribution in [3.63, 3.8) is 0 Å². The molecule has 0 aliphatic carbocycles. The van der Waals surface area contributed by atoms with Gasteiger partial charge in [-0.1, -0.05) is 12.1 Å². The smallest absolute Gasteiger partial charge is 0.255 e. The van der Waals surface area contributed by atoms with Crippen LogP contribution < -0.4 is 16.0 Å². The van der Waals surface area contributed by atoms with Gasteiger partial charge in [-0.2, -0.15) is 0 Å². The van der Waals surface area contributed by atoms with Crippen LogP contribution in [-0.4, -0.2) is 23.0 Å². The first-order chi connectivity index (χ1) is 15.8. The van der Waals surface area contributed by atoms with Crippen molar-refractivity contribution < 1.29 is 18.8 Å². The van der Waals surface area contributed by atoms with E-state index in [0.717, 1.165) is 10.5 Å². The SMILES string of the molecule is CC(=O)Nc1ccc(SC(C)C(=O)NCc2cccc(NC(=O)c3ccc(F)cc3)c2)cc1. The molecule has 0 aliphatic heterocycles. The van der Waals surface area contributed by atoms with Crippen molar-refractivity contribution in [3.05, 3.63) is 89.7 Å². The second-order valence-electron chi connectivity index (χ2n) is 7.34. The normalized spacial score (nSPS) is 11.4. The summed E-state index contributed by atoms with van der Waals surface area (Å²) in [4.78, 5) is 36.8. The van der Waals surface area contributed by atoms with Crippen molar-refractivity contribution in [1.29, 1.82) is 0 Å². The third kappa shape index (κ3) is 7.47. The average Bonchev–Trinajstić information content (AvgIpc) is 2.79. The van der Waals surface area contributed by atoms with Gasteiger partial charge in [-0.3, -0.25) is 14.4 Å². The van der Waals surface area contributed by atoms with Crippen LogP contribution in [0, 0.1) is 5.82 Å². The molecule has 0 bridgehead atoms. The van der Waals surface area contributed by atoms with Crippen molar-refractivity contribution in [1.82, 2.24) is 5.32 Å². The number of rotatable bonds is 8. The van der Waals surface area contributed by atoms with Gasteiger partial charge in [0.25, 0.3) is 5.91 Å². The summed E-state index contributed by atoms with van der Waals surface area (Å²) in [6.45, 7) is 3.58. The Bertz CT molecular complexity index is 1130. The molecular weight excluding hydrogens is 441 g/mol. The summed E-state index contributed by atoms with van der Waals surface area (Å²) in [6, 6.07) is 19.8. The standard InChI is InChI=1S/C25H24FN3O3S/c1-16(33-23-12-10-21(11-13-23)28-17(2)30)24(31)27-15-18-4-3-5-22(14-18)29-25(32)19-6-8-20(26)9-7-19/h3-14,16H,15H2,1-2H3,(H,27,31)(H,28,30)(H,29,32). The minimum absolute atomic E-state index is 0.119. The second-order valence-corrected chi connectivity index (χ2v) is 8.76. The number of anilines is 2. The molecule has 0 radical (unpaired) electrons. The van der Waals surface area contributed by atoms with E-state index in [1.807, 2.05) is 25.1 Å². The molecule has 1 unspecified atom stereocenters. The topological polar surface area (TPSA) is 87.3 Å². The Morgan fingerprint density at radius 2 is 1.61 bits per heavy atom. The zero-order valence-corrected chi connectivity index (χ0v) is 19.0. The highest BCUT2D eigenvalue weighted by atomic mass is 32.2. The number of benzene rings is 3. The van der Waals surface area contributed by atoms with Crippen LogP contribution >= 0.6 is 11.8 Å². The molecule has 3 rings (SSSR count). The van der Waals surface area contributed by atoms with E-state index in [4.69, 9.17) is 0 Å². The molecule has 1 atom stereocenters. The van der Waals surface area contributed by atoms with E-state index in [0.29, 0.717) is 23.5 Å². The highest BCUT2D eigenvalue weighted by Crippen LogP contribution is 2.25. The van der Waals surface area contributed by atoms with Crippen molar-refractivity contribution in [3.8, 4) is 0 Å². The van der Waals surface area contributed by atoms with Gasteiger partial charge in [-0.15, -0.1) is 11.8 Å². The van der Waals surface area contributed by atoms with Crippen LogP contribution in [0.5, 0.6) is 0 Å². The van der Waals surface area contributed by atoms with Gasteiger partial charge in [0, 0.05) is 35.3 Å². The fraction of sp³-hybridized carbons (Fsp3) is 0.160. The third-order valence-corrected chi connectivity index (χ3v) is 5.73. The van der Waals surface area contributed by atoms with E-state index in [9.17, 15) is 18.8 Å². The van der Waals surface area contributed by atoms with Crippen LogP contribution in [0.3, 0.4) is 0 Å². The molecule has 0 heterocycles. The molecule has 3 aromatic rings. The predicted octanol–water partition coefficient (Wildman–Crippen LogP) is 4.83. The number of hydrogen-bond acceptors (Lipinski definition) is 4. The molecule has 3 aromatic carbocycles. The van der Waals surface area contributed by atoms with Crippen molar-refractivity contribution in [2.45, 2.75) is 30.5 Å². The molecule has 3 amide bonds. The Balaban J connectivity index is 1.51. The van der Waals surface area contributed by atoms with Gasteiger partial charge in [-0.05, 0) is 73.2 Å². The van der Waals surface area contributed by atoms with Gasteiger partial charge in [0.2, 0.25) is 11.8 Å². The summed E-state index contributed by atoms with van der Waals surface area (Å²) >= 11 is 1.42. The molecule has 0 saturated heterocycles. The van der Waals surface area contributed by atoms with Crippen molar-refractivity contribution in [2.24, 2.45) is 0 Å². The fourth-order valence-corrected chi connectivity index (χ4v) is 3.87. The highest BCUT2D eigenvalue weighted by molar-refractivity contribution is 8.00. The first kappa shape index (κ1) is 24.0. The number of thioether (sulfide) groups is 1. The Labute approximate surface area is 196 Å². The number of halogens is 1. The molecular formula is C25H24FN3O3S. The lowest BCUT2D eigenvalue weighted by Gasteiger charge is -2.13. The summed E-state index contributed by atoms with van der Waals surface area (Å²) in [6.07, 6.45) is 0. The van der Waals surface area contributed by atoms with Gasteiger partial charge in [0.15, 0.2) is 0 Å². The maximum Gasteiger partial charge on any atom is 0.255 e. The predicted molar refractivity (Wildman–Crippen MR) is 129 cm³/mol. The summed E-state index contributed by atoms with van der Waals surface area (Å²) in [7, 11) is 0. The minimum Gasteiger partial charge on any atom is -0.351 e. The van der Waals surface area contributed by atoms with E-state index in [1.54, 1.807) is 30.3 Å². The van der Waals surface area contributed by atoms with E-state index in [-0.39, 0.29) is 23.0 Å². The zero-order chi connectivity index (χ0) is 23.8. The zero-order valence-electron chi connectivity index (χ0n) is 18.2. The lowest BCUT2D eigenvalue weighted by Crippen LogP contribution is -2.30. The Morgan fingerprint density at radius 1 is 0.909 bits per heavy atom. The Kier molecular flexibility index (Phi) is 8.21. The molecule has 33 heavy (non-hydrogen) atoms. The van der Waals surface area contributed by atoms with Crippen LogP contribution in [0.25, 0.3) is 0 Å². The average molecular weight is 466 g/mol. The third-order valence-electron chi connectivity index (χ3n) is 4.61. The van der Waals surface area contributed by atoms with E-state index in [1.165, 1.54) is 43.0 Å². The van der Waals surface area contributed by atoms with E-state index < -0.39 is 5.82 Å². The summed E-state index contributed by atoms with van der Waals surface area (Å²) in [5, 5.41) is 8.06. The van der Waals surface area contributed by atoms with Crippen LogP contribution in [0.4, 0.5) is 15.8 Å². The van der Waals surface area contributed by atoms with Crippen molar-refractivity contribution in [2.75, 3.05) is 10.6 Å². The number of carbonyl (C=O) groups is 3. The molecule has 6 nitrogen and oxygen atoms in total. The Hall–Kier alpha value is -3.65. The molecule has 170 valence electrons. The molecule has 0 spiro atoms. The molecule has 0 saturated carbocycles. The first-order valence-corrected chi connectivity index (χ1v) is 11.2. The summed E-state index contributed by atoms with van der Waals surface area (Å²) in [5.74, 6) is -1.00. The monoisotopic (exact) mass is 465 g/mol. The van der Waals surface area contributed by atoms with E-state index in [2.05, 4.69) is 16.0 Å². The fourth-order valence-electron chi connectivity index (χ4n) is 2.97. The first-order valence-electron chi connectivity index (χ1n) is 10.3. The number of nitrogens with one attached hydrogen (secondary N) is 3. The molecule has 8 heteroatoms. The minimum atomic E-state index is -0.404. The summed E-state index contributed by atoms with van der Waals surface area (Å²) < 4.78 is 13.0. The second kappa shape index (κ2) is 11.3. The van der Waals surface area contributed by atoms with Crippen LogP contribution in [-0.2, 0) is 16.1 Å². The number of hydrogen-bond donors (Lipinski definition) is 3. The van der Waals surface area contributed by atoms with Crippen LogP contribution in [0.15, 0.2) is 77.7 Å². The number of amides is 3. The summed E-state index contributed by atoms with van der Waals surface area (Å²) in [5.41, 5.74) is 2.47. The molecule has 0 aromatic heterocycles. The Morgan fingerprint density at radius 3 is 2.27 bits per heavy atom. The maximum atomic E-state index is 13.0. The maximum absolute atomic E-state index is 13.0. The van der Waals surface area contributed by atoms with Crippen LogP contribution in [0.2, 0.25) is 0 Å². The lowest BCUT2D eigenvalue weighted by atomic mass is 10.1. The lowest BCUT2D eigenvalue weighted by molar-refractivity contribution is -0.120. The van der Waals surface area contributed by atoms with Crippen molar-refractivity contribution >= 4 is 40.9 Å². The molecule has 0 aliphatic rings. The number of carbonyl (C=O) groups excluding carboxylic acids is 3. The van der Waals surface area contributed by atoms with E-state index >= 15 is 0 Å². The van der Waals surface area contributed by atoms with Crippen LogP contribution in [0.1, 0.15) is 29.8 Å². The van der Waals surface area contributed by atoms with Gasteiger partial charge < -0.3 is 16.0 Å². The van der Waals surface area contributed by atoms with Gasteiger partial charge in [-0.25, -0.2) is 4.39 Å². The van der Waals surface area contributed by atoms with Gasteiger partial charge >= 0.3 is 0 Å². The highest BCUT2D eigenvalue weighted by Gasteiger charge is 2.14. The molecule has 3 N–H and O–H groups in total. The quantitative estimate of drug-likeness (QED) is 0.416. The van der Waals surface area contributed by atoms with Gasteiger partial charge in [0.05, 0.1) is 5.25 Å². The van der Waals surface area contributed by atoms with Gasteiger partial charge in [0.1, 0.15) is 5.82 Å². The largest absolute Gasteiger partial charge is 0.351 e.